The monoisotopic (exact) mass is 405 g/mol. The Morgan fingerprint density at radius 1 is 1.17 bits per heavy atom. The van der Waals surface area contributed by atoms with E-state index in [1.54, 1.807) is 25.1 Å². The van der Waals surface area contributed by atoms with E-state index in [9.17, 15) is 9.59 Å². The van der Waals surface area contributed by atoms with Gasteiger partial charge in [-0.1, -0.05) is 6.07 Å². The lowest BCUT2D eigenvalue weighted by Crippen LogP contribution is -2.24. The number of nitrogens with two attached hydrogens (primary N) is 1. The van der Waals surface area contributed by atoms with Gasteiger partial charge in [0.25, 0.3) is 5.91 Å². The summed E-state index contributed by atoms with van der Waals surface area (Å²) in [5.74, 6) is -0.372. The predicted molar refractivity (Wildman–Crippen MR) is 117 cm³/mol. The van der Waals surface area contributed by atoms with Gasteiger partial charge in [0.15, 0.2) is 5.65 Å². The lowest BCUT2D eigenvalue weighted by Gasteiger charge is -2.20. The zero-order valence-corrected chi connectivity index (χ0v) is 18.0. The van der Waals surface area contributed by atoms with Gasteiger partial charge in [-0.05, 0) is 71.2 Å². The molecule has 1 aliphatic carbocycles. The van der Waals surface area contributed by atoms with Crippen molar-refractivity contribution >= 4 is 28.5 Å². The molecule has 2 aromatic heterocycles. The van der Waals surface area contributed by atoms with Crippen LogP contribution in [0.15, 0.2) is 24.3 Å². The van der Waals surface area contributed by atoms with Crippen LogP contribution < -0.4 is 11.1 Å². The molecule has 1 fully saturated rings. The summed E-state index contributed by atoms with van der Waals surface area (Å²) < 4.78 is 1.90. The topological polar surface area (TPSA) is 103 Å². The van der Waals surface area contributed by atoms with Gasteiger partial charge in [-0.3, -0.25) is 9.59 Å². The number of aromatic nitrogens is 3. The zero-order valence-electron chi connectivity index (χ0n) is 18.0. The molecule has 1 aliphatic rings. The number of benzene rings is 1. The molecule has 0 radical (unpaired) electrons. The predicted octanol–water partition coefficient (Wildman–Crippen LogP) is 4.03. The number of pyridine rings is 1. The van der Waals surface area contributed by atoms with Crippen LogP contribution in [0.3, 0.4) is 0 Å². The summed E-state index contributed by atoms with van der Waals surface area (Å²) in [7, 11) is 0. The molecule has 2 heterocycles. The van der Waals surface area contributed by atoms with E-state index in [0.29, 0.717) is 28.3 Å². The van der Waals surface area contributed by atoms with E-state index in [2.05, 4.69) is 26.1 Å². The molecule has 7 nitrogen and oxygen atoms in total. The Morgan fingerprint density at radius 2 is 1.87 bits per heavy atom. The van der Waals surface area contributed by atoms with Crippen LogP contribution in [0.1, 0.15) is 77.2 Å². The molecule has 0 atom stereocenters. The quantitative estimate of drug-likeness (QED) is 0.684. The molecule has 30 heavy (non-hydrogen) atoms. The Bertz CT molecular complexity index is 1180. The van der Waals surface area contributed by atoms with E-state index in [-0.39, 0.29) is 11.4 Å². The highest BCUT2D eigenvalue weighted by Gasteiger charge is 2.30. The molecule has 3 aromatic rings. The second-order valence-electron chi connectivity index (χ2n) is 9.03. The first-order valence-corrected chi connectivity index (χ1v) is 10.2. The second-order valence-corrected chi connectivity index (χ2v) is 9.03. The molecule has 0 unspecified atom stereocenters. The minimum absolute atomic E-state index is 0.245. The Kier molecular flexibility index (Phi) is 4.64. The van der Waals surface area contributed by atoms with Crippen molar-refractivity contribution in [1.29, 1.82) is 0 Å². The molecule has 0 saturated heterocycles. The van der Waals surface area contributed by atoms with Crippen molar-refractivity contribution in [2.45, 2.75) is 58.9 Å². The fourth-order valence-corrected chi connectivity index (χ4v) is 3.77. The SMILES string of the molecule is Cc1c(NC(=O)c2cc(C3CC3)nc3c2c(C)nn3C(C)(C)C)cccc1C(N)=O. The van der Waals surface area contributed by atoms with Crippen LogP contribution in [0.2, 0.25) is 0 Å². The first-order valence-electron chi connectivity index (χ1n) is 10.2. The fourth-order valence-electron chi connectivity index (χ4n) is 3.77. The van der Waals surface area contributed by atoms with E-state index in [1.807, 2.05) is 17.7 Å². The van der Waals surface area contributed by atoms with Crippen LogP contribution >= 0.6 is 0 Å². The van der Waals surface area contributed by atoms with Crippen molar-refractivity contribution in [3.8, 4) is 0 Å². The standard InChI is InChI=1S/C23H27N5O2/c1-12-15(20(24)29)7-6-8-17(12)26-22(30)16-11-18(14-9-10-14)25-21-19(16)13(2)27-28(21)23(3,4)5/h6-8,11,14H,9-10H2,1-5H3,(H2,24,29)(H,26,30). The number of hydrogen-bond donors (Lipinski definition) is 2. The van der Waals surface area contributed by atoms with Gasteiger partial charge in [-0.15, -0.1) is 0 Å². The highest BCUT2D eigenvalue weighted by Crippen LogP contribution is 2.41. The van der Waals surface area contributed by atoms with E-state index in [1.165, 1.54) is 0 Å². The number of aryl methyl sites for hydroxylation is 1. The number of anilines is 1. The smallest absolute Gasteiger partial charge is 0.256 e. The largest absolute Gasteiger partial charge is 0.366 e. The van der Waals surface area contributed by atoms with Gasteiger partial charge in [-0.2, -0.15) is 5.10 Å². The Balaban J connectivity index is 1.84. The fraction of sp³-hybridized carbons (Fsp3) is 0.391. The van der Waals surface area contributed by atoms with E-state index < -0.39 is 5.91 Å². The van der Waals surface area contributed by atoms with Gasteiger partial charge in [0.1, 0.15) is 0 Å². The average molecular weight is 406 g/mol. The number of primary amides is 1. The minimum atomic E-state index is -0.520. The molecule has 156 valence electrons. The van der Waals surface area contributed by atoms with Gasteiger partial charge < -0.3 is 11.1 Å². The molecule has 7 heteroatoms. The number of amides is 2. The van der Waals surface area contributed by atoms with Crippen molar-refractivity contribution in [2.24, 2.45) is 5.73 Å². The highest BCUT2D eigenvalue weighted by molar-refractivity contribution is 6.13. The van der Waals surface area contributed by atoms with Crippen LogP contribution in [0.25, 0.3) is 11.0 Å². The molecule has 0 spiro atoms. The maximum Gasteiger partial charge on any atom is 0.256 e. The maximum absolute atomic E-state index is 13.4. The number of nitrogens with zero attached hydrogens (tertiary/aromatic N) is 3. The number of hydrogen-bond acceptors (Lipinski definition) is 4. The molecule has 1 aromatic carbocycles. The third-order valence-electron chi connectivity index (χ3n) is 5.56. The molecular weight excluding hydrogens is 378 g/mol. The Morgan fingerprint density at radius 3 is 2.47 bits per heavy atom. The van der Waals surface area contributed by atoms with Crippen LogP contribution in [-0.2, 0) is 5.54 Å². The summed E-state index contributed by atoms with van der Waals surface area (Å²) in [6.07, 6.45) is 2.17. The van der Waals surface area contributed by atoms with Crippen LogP contribution in [0, 0.1) is 13.8 Å². The van der Waals surface area contributed by atoms with Crippen molar-refractivity contribution in [2.75, 3.05) is 5.32 Å². The first kappa shape index (κ1) is 20.1. The summed E-state index contributed by atoms with van der Waals surface area (Å²) in [4.78, 5) is 29.9. The third-order valence-corrected chi connectivity index (χ3v) is 5.56. The summed E-state index contributed by atoms with van der Waals surface area (Å²) in [5.41, 5.74) is 9.78. The highest BCUT2D eigenvalue weighted by atomic mass is 16.2. The van der Waals surface area contributed by atoms with Gasteiger partial charge >= 0.3 is 0 Å². The van der Waals surface area contributed by atoms with Crippen LogP contribution in [0.4, 0.5) is 5.69 Å². The molecule has 3 N–H and O–H groups in total. The number of carbonyl (C=O) groups is 2. The van der Waals surface area contributed by atoms with E-state index in [0.717, 1.165) is 35.3 Å². The zero-order chi connectivity index (χ0) is 21.8. The van der Waals surface area contributed by atoms with Crippen LogP contribution in [-0.4, -0.2) is 26.6 Å². The molecule has 4 rings (SSSR count). The second kappa shape index (κ2) is 6.93. The molecule has 0 aliphatic heterocycles. The summed E-state index contributed by atoms with van der Waals surface area (Å²) >= 11 is 0. The average Bonchev–Trinajstić information content (AvgIpc) is 3.45. The van der Waals surface area contributed by atoms with Crippen molar-refractivity contribution in [1.82, 2.24) is 14.8 Å². The van der Waals surface area contributed by atoms with E-state index in [4.69, 9.17) is 15.8 Å². The van der Waals surface area contributed by atoms with Crippen molar-refractivity contribution in [3.63, 3.8) is 0 Å². The summed E-state index contributed by atoms with van der Waals surface area (Å²) in [6, 6.07) is 7.03. The van der Waals surface area contributed by atoms with Crippen molar-refractivity contribution < 1.29 is 9.59 Å². The first-order chi connectivity index (χ1) is 14.1. The van der Waals surface area contributed by atoms with Crippen molar-refractivity contribution in [3.05, 3.63) is 52.3 Å². The van der Waals surface area contributed by atoms with Crippen LogP contribution in [0.5, 0.6) is 0 Å². The molecule has 0 bridgehead atoms. The minimum Gasteiger partial charge on any atom is -0.366 e. The molecular formula is C23H27N5O2. The normalized spacial score (nSPS) is 14.2. The Labute approximate surface area is 175 Å². The molecule has 2 amide bonds. The maximum atomic E-state index is 13.4. The third kappa shape index (κ3) is 3.44. The van der Waals surface area contributed by atoms with Gasteiger partial charge in [0.2, 0.25) is 5.91 Å². The van der Waals surface area contributed by atoms with Gasteiger partial charge in [0.05, 0.1) is 22.2 Å². The van der Waals surface area contributed by atoms with Gasteiger partial charge in [-0.25, -0.2) is 9.67 Å². The number of rotatable bonds is 4. The number of fused-ring (bicyclic) bond motifs is 1. The molecule has 1 saturated carbocycles. The van der Waals surface area contributed by atoms with E-state index >= 15 is 0 Å². The number of carbonyl (C=O) groups excluding carboxylic acids is 2. The Hall–Kier alpha value is -3.22. The van der Waals surface area contributed by atoms with Gasteiger partial charge in [0, 0.05) is 22.9 Å². The summed E-state index contributed by atoms with van der Waals surface area (Å²) in [6.45, 7) is 9.89. The number of nitrogens with one attached hydrogen (secondary N) is 1. The lowest BCUT2D eigenvalue weighted by molar-refractivity contribution is 0.0995. The summed E-state index contributed by atoms with van der Waals surface area (Å²) in [5, 5.41) is 8.42. The lowest BCUT2D eigenvalue weighted by atomic mass is 10.0.